The van der Waals surface area contributed by atoms with Gasteiger partial charge in [0.05, 0.1) is 15.6 Å². The monoisotopic (exact) mass is 494 g/mol. The van der Waals surface area contributed by atoms with Crippen molar-refractivity contribution in [3.8, 4) is 5.75 Å². The predicted octanol–water partition coefficient (Wildman–Crippen LogP) is 3.97. The molecule has 1 saturated heterocycles. The van der Waals surface area contributed by atoms with Crippen LogP contribution in [0.15, 0.2) is 53.4 Å². The Morgan fingerprint density at radius 2 is 1.96 bits per heavy atom. The first-order valence-corrected chi connectivity index (χ1v) is 9.81. The van der Waals surface area contributed by atoms with Crippen molar-refractivity contribution < 1.29 is 19.1 Å². The lowest BCUT2D eigenvalue weighted by Gasteiger charge is -2.12. The molecule has 0 aliphatic carbocycles. The standard InChI is InChI=1S/C19H15IN2O4S/c1-26-15-8-7-12(9-14(15)20)10-16-18(24)22(19(25)27-16)11-17(23)21-13-5-3-2-4-6-13/h2-10H,11H2,1H3,(H,21,23)/b16-10-. The maximum Gasteiger partial charge on any atom is 0.294 e. The number of imide groups is 1. The van der Waals surface area contributed by atoms with Crippen molar-refractivity contribution >= 4 is 63.2 Å². The number of amides is 3. The number of carbonyl (C=O) groups excluding carboxylic acids is 3. The first kappa shape index (κ1) is 19.4. The van der Waals surface area contributed by atoms with E-state index in [1.807, 2.05) is 12.1 Å². The van der Waals surface area contributed by atoms with E-state index in [2.05, 4.69) is 27.9 Å². The van der Waals surface area contributed by atoms with Gasteiger partial charge in [0, 0.05) is 5.69 Å². The van der Waals surface area contributed by atoms with Gasteiger partial charge in [0.15, 0.2) is 0 Å². The third-order valence-corrected chi connectivity index (χ3v) is 5.46. The summed E-state index contributed by atoms with van der Waals surface area (Å²) >= 11 is 2.96. The molecule has 1 aliphatic rings. The first-order valence-electron chi connectivity index (χ1n) is 7.92. The highest BCUT2D eigenvalue weighted by Gasteiger charge is 2.36. The van der Waals surface area contributed by atoms with Gasteiger partial charge in [0.2, 0.25) is 5.91 Å². The number of anilines is 1. The van der Waals surface area contributed by atoms with E-state index >= 15 is 0 Å². The van der Waals surface area contributed by atoms with Gasteiger partial charge in [0.25, 0.3) is 11.1 Å². The second-order valence-corrected chi connectivity index (χ2v) is 7.73. The van der Waals surface area contributed by atoms with Gasteiger partial charge in [-0.2, -0.15) is 0 Å². The number of methoxy groups -OCH3 is 1. The number of carbonyl (C=O) groups is 3. The van der Waals surface area contributed by atoms with Crippen LogP contribution in [0.2, 0.25) is 0 Å². The molecule has 27 heavy (non-hydrogen) atoms. The minimum atomic E-state index is -0.473. The van der Waals surface area contributed by atoms with Crippen LogP contribution in [0.5, 0.6) is 5.75 Å². The maximum atomic E-state index is 12.5. The zero-order valence-electron chi connectivity index (χ0n) is 14.3. The van der Waals surface area contributed by atoms with Crippen molar-refractivity contribution in [3.05, 3.63) is 62.6 Å². The Kier molecular flexibility index (Phi) is 6.17. The summed E-state index contributed by atoms with van der Waals surface area (Å²) in [6.45, 7) is -0.322. The topological polar surface area (TPSA) is 75.7 Å². The molecule has 8 heteroatoms. The number of rotatable bonds is 5. The van der Waals surface area contributed by atoms with Crippen molar-refractivity contribution in [2.45, 2.75) is 0 Å². The Bertz CT molecular complexity index is 931. The predicted molar refractivity (Wildman–Crippen MR) is 113 cm³/mol. The lowest BCUT2D eigenvalue weighted by atomic mass is 10.2. The Morgan fingerprint density at radius 3 is 2.63 bits per heavy atom. The fourth-order valence-electron chi connectivity index (χ4n) is 2.43. The highest BCUT2D eigenvalue weighted by Crippen LogP contribution is 2.33. The van der Waals surface area contributed by atoms with Gasteiger partial charge in [0.1, 0.15) is 12.3 Å². The molecule has 3 rings (SSSR count). The molecular weight excluding hydrogens is 479 g/mol. The molecule has 2 aromatic carbocycles. The fourth-order valence-corrected chi connectivity index (χ4v) is 4.02. The summed E-state index contributed by atoms with van der Waals surface area (Å²) in [5.41, 5.74) is 1.39. The maximum absolute atomic E-state index is 12.5. The van der Waals surface area contributed by atoms with E-state index in [0.717, 1.165) is 31.5 Å². The second kappa shape index (κ2) is 8.57. The Morgan fingerprint density at radius 1 is 1.22 bits per heavy atom. The van der Waals surface area contributed by atoms with Crippen LogP contribution < -0.4 is 10.1 Å². The van der Waals surface area contributed by atoms with E-state index < -0.39 is 17.1 Å². The minimum Gasteiger partial charge on any atom is -0.496 e. The number of hydrogen-bond donors (Lipinski definition) is 1. The normalized spacial score (nSPS) is 15.3. The molecule has 1 fully saturated rings. The quantitative estimate of drug-likeness (QED) is 0.503. The average molecular weight is 494 g/mol. The SMILES string of the molecule is COc1ccc(/C=C2\SC(=O)N(CC(=O)Nc3ccccc3)C2=O)cc1I. The second-order valence-electron chi connectivity index (χ2n) is 5.58. The third kappa shape index (κ3) is 4.69. The summed E-state index contributed by atoms with van der Waals surface area (Å²) in [7, 11) is 1.59. The number of nitrogens with zero attached hydrogens (tertiary/aromatic N) is 1. The summed E-state index contributed by atoms with van der Waals surface area (Å²) < 4.78 is 6.10. The van der Waals surface area contributed by atoms with E-state index in [0.29, 0.717) is 5.69 Å². The number of nitrogens with one attached hydrogen (secondary N) is 1. The van der Waals surface area contributed by atoms with Crippen LogP contribution in [-0.2, 0) is 9.59 Å². The molecule has 1 heterocycles. The van der Waals surface area contributed by atoms with Gasteiger partial charge in [-0.3, -0.25) is 19.3 Å². The first-order chi connectivity index (χ1) is 13.0. The molecular formula is C19H15IN2O4S. The van der Waals surface area contributed by atoms with Gasteiger partial charge < -0.3 is 10.1 Å². The number of para-hydroxylation sites is 1. The van der Waals surface area contributed by atoms with Gasteiger partial charge in [-0.05, 0) is 70.3 Å². The Labute approximate surface area is 174 Å². The summed E-state index contributed by atoms with van der Waals surface area (Å²) in [6.07, 6.45) is 1.64. The summed E-state index contributed by atoms with van der Waals surface area (Å²) in [6, 6.07) is 14.3. The van der Waals surface area contributed by atoms with Crippen LogP contribution in [0, 0.1) is 3.57 Å². The zero-order chi connectivity index (χ0) is 19.4. The van der Waals surface area contributed by atoms with Crippen LogP contribution in [-0.4, -0.2) is 35.6 Å². The van der Waals surface area contributed by atoms with Crippen LogP contribution in [0.25, 0.3) is 6.08 Å². The van der Waals surface area contributed by atoms with Gasteiger partial charge in [-0.25, -0.2) is 0 Å². The molecule has 0 radical (unpaired) electrons. The lowest BCUT2D eigenvalue weighted by Crippen LogP contribution is -2.36. The molecule has 1 N–H and O–H groups in total. The van der Waals surface area contributed by atoms with Gasteiger partial charge >= 0.3 is 0 Å². The lowest BCUT2D eigenvalue weighted by molar-refractivity contribution is -0.127. The van der Waals surface area contributed by atoms with Crippen molar-refractivity contribution in [3.63, 3.8) is 0 Å². The molecule has 0 spiro atoms. The summed E-state index contributed by atoms with van der Waals surface area (Å²) in [5, 5.41) is 2.21. The van der Waals surface area contributed by atoms with E-state index in [4.69, 9.17) is 4.74 Å². The molecule has 0 bridgehead atoms. The minimum absolute atomic E-state index is 0.286. The molecule has 1 aliphatic heterocycles. The van der Waals surface area contributed by atoms with E-state index in [1.54, 1.807) is 49.6 Å². The van der Waals surface area contributed by atoms with Crippen LogP contribution in [0.3, 0.4) is 0 Å². The third-order valence-electron chi connectivity index (χ3n) is 3.71. The van der Waals surface area contributed by atoms with E-state index in [1.165, 1.54) is 0 Å². The number of benzene rings is 2. The number of halogens is 1. The molecule has 0 atom stereocenters. The molecule has 138 valence electrons. The van der Waals surface area contributed by atoms with Crippen LogP contribution in [0.4, 0.5) is 10.5 Å². The number of hydrogen-bond acceptors (Lipinski definition) is 5. The van der Waals surface area contributed by atoms with Crippen molar-refractivity contribution in [1.29, 1.82) is 0 Å². The molecule has 3 amide bonds. The summed E-state index contributed by atoms with van der Waals surface area (Å²) in [4.78, 5) is 38.1. The highest BCUT2D eigenvalue weighted by molar-refractivity contribution is 14.1. The van der Waals surface area contributed by atoms with Crippen LogP contribution >= 0.6 is 34.4 Å². The molecule has 0 saturated carbocycles. The van der Waals surface area contributed by atoms with Gasteiger partial charge in [-0.1, -0.05) is 24.3 Å². The number of thioether (sulfide) groups is 1. The van der Waals surface area contributed by atoms with Crippen molar-refractivity contribution in [2.75, 3.05) is 19.0 Å². The summed E-state index contributed by atoms with van der Waals surface area (Å²) in [5.74, 6) is -0.166. The Balaban J connectivity index is 1.71. The molecule has 0 unspecified atom stereocenters. The van der Waals surface area contributed by atoms with E-state index in [-0.39, 0.29) is 11.4 Å². The Hall–Kier alpha value is -2.33. The fraction of sp³-hybridized carbons (Fsp3) is 0.105. The molecule has 6 nitrogen and oxygen atoms in total. The average Bonchev–Trinajstić information content (AvgIpc) is 2.90. The molecule has 0 aromatic heterocycles. The van der Waals surface area contributed by atoms with Gasteiger partial charge in [-0.15, -0.1) is 0 Å². The number of ether oxygens (including phenoxy) is 1. The zero-order valence-corrected chi connectivity index (χ0v) is 17.2. The smallest absolute Gasteiger partial charge is 0.294 e. The molecule has 2 aromatic rings. The van der Waals surface area contributed by atoms with E-state index in [9.17, 15) is 14.4 Å². The van der Waals surface area contributed by atoms with Crippen LogP contribution in [0.1, 0.15) is 5.56 Å². The van der Waals surface area contributed by atoms with Crippen molar-refractivity contribution in [2.24, 2.45) is 0 Å². The van der Waals surface area contributed by atoms with Crippen molar-refractivity contribution in [1.82, 2.24) is 4.90 Å². The largest absolute Gasteiger partial charge is 0.496 e. The highest BCUT2D eigenvalue weighted by atomic mass is 127.